The van der Waals surface area contributed by atoms with Gasteiger partial charge in [-0.2, -0.15) is 5.10 Å². The van der Waals surface area contributed by atoms with Crippen molar-refractivity contribution in [3.63, 3.8) is 0 Å². The molecule has 1 fully saturated rings. The molecule has 4 heterocycles. The highest BCUT2D eigenvalue weighted by Crippen LogP contribution is 2.31. The van der Waals surface area contributed by atoms with Crippen molar-refractivity contribution in [2.75, 3.05) is 38.3 Å². The minimum Gasteiger partial charge on any atom is -0.340 e. The van der Waals surface area contributed by atoms with Gasteiger partial charge in [0.05, 0.1) is 23.3 Å². The van der Waals surface area contributed by atoms with Gasteiger partial charge in [-0.3, -0.25) is 9.80 Å². The minimum atomic E-state index is -3.13. The minimum absolute atomic E-state index is 0.0643. The lowest BCUT2D eigenvalue weighted by Gasteiger charge is -2.30. The first-order valence-corrected chi connectivity index (χ1v) is 13.2. The van der Waals surface area contributed by atoms with E-state index in [4.69, 9.17) is 4.98 Å². The Labute approximate surface area is 198 Å². The lowest BCUT2D eigenvalue weighted by Crippen LogP contribution is -2.37. The molecular weight excluding hydrogens is 452 g/mol. The summed E-state index contributed by atoms with van der Waals surface area (Å²) in [6.45, 7) is 1.84. The standard InChI is InChI=1S/C24H28N6O3S/c1-29-15-19(14-26-29)21-13-18-7-10-25-24(31)22(18)23(28-21)27-20-5-3-16(4-6-20)17-8-11-30(12-9-17)34(2,32)33/h3-7,10,13-14,17,19H,8-9,11-12,15H2,1-2H3,(H,25,31)(H,27,28). The smallest absolute Gasteiger partial charge is 0.259 e. The number of benzene rings is 1. The number of hydrazone groups is 1. The fraction of sp³-hybridized carbons (Fsp3) is 0.375. The van der Waals surface area contributed by atoms with E-state index in [1.54, 1.807) is 10.5 Å². The summed E-state index contributed by atoms with van der Waals surface area (Å²) < 4.78 is 25.1. The van der Waals surface area contributed by atoms with Crippen LogP contribution in [0, 0.1) is 0 Å². The lowest BCUT2D eigenvalue weighted by atomic mass is 9.90. The number of hydrogen-bond donors (Lipinski definition) is 2. The molecule has 178 valence electrons. The first kappa shape index (κ1) is 22.5. The Bertz CT molecular complexity index is 1390. The number of nitrogens with zero attached hydrogens (tertiary/aromatic N) is 4. The Morgan fingerprint density at radius 2 is 1.85 bits per heavy atom. The highest BCUT2D eigenvalue weighted by atomic mass is 32.2. The second-order valence-corrected chi connectivity index (χ2v) is 11.0. The van der Waals surface area contributed by atoms with Gasteiger partial charge in [-0.05, 0) is 54.0 Å². The van der Waals surface area contributed by atoms with E-state index in [0.29, 0.717) is 30.2 Å². The number of anilines is 2. The van der Waals surface area contributed by atoms with Crippen LogP contribution in [0.3, 0.4) is 0 Å². The molecule has 0 bridgehead atoms. The van der Waals surface area contributed by atoms with Crippen molar-refractivity contribution < 1.29 is 8.42 Å². The topological polar surface area (TPSA) is 111 Å². The van der Waals surface area contributed by atoms with Crippen LogP contribution in [0.1, 0.15) is 35.9 Å². The van der Waals surface area contributed by atoms with E-state index in [-0.39, 0.29) is 11.5 Å². The number of pyridine rings is 2. The van der Waals surface area contributed by atoms with E-state index in [1.807, 2.05) is 42.5 Å². The molecule has 2 aliphatic rings. The highest BCUT2D eigenvalue weighted by Gasteiger charge is 2.26. The summed E-state index contributed by atoms with van der Waals surface area (Å²) in [5.41, 5.74) is 2.70. The monoisotopic (exact) mass is 480 g/mol. The Morgan fingerprint density at radius 1 is 1.12 bits per heavy atom. The molecule has 34 heavy (non-hydrogen) atoms. The second kappa shape index (κ2) is 8.84. The number of likely N-dealkylation sites (N-methyl/N-ethyl adjacent to an activating group) is 1. The van der Waals surface area contributed by atoms with E-state index in [2.05, 4.69) is 27.5 Å². The van der Waals surface area contributed by atoms with Crippen LogP contribution in [-0.4, -0.2) is 66.9 Å². The number of H-pyrrole nitrogens is 1. The van der Waals surface area contributed by atoms with Gasteiger partial charge in [0.1, 0.15) is 5.82 Å². The molecule has 0 saturated carbocycles. The summed E-state index contributed by atoms with van der Waals surface area (Å²) in [4.78, 5) is 20.2. The molecule has 10 heteroatoms. The molecule has 5 rings (SSSR count). The first-order chi connectivity index (χ1) is 16.3. The maximum absolute atomic E-state index is 12.6. The first-order valence-electron chi connectivity index (χ1n) is 11.4. The zero-order valence-corrected chi connectivity index (χ0v) is 20.0. The number of piperidine rings is 1. The molecule has 3 aromatic rings. The van der Waals surface area contributed by atoms with E-state index < -0.39 is 10.0 Å². The summed E-state index contributed by atoms with van der Waals surface area (Å²) >= 11 is 0. The Kier molecular flexibility index (Phi) is 5.86. The maximum atomic E-state index is 12.6. The summed E-state index contributed by atoms with van der Waals surface area (Å²) in [5, 5.41) is 10.9. The molecule has 2 aromatic heterocycles. The molecule has 0 spiro atoms. The Morgan fingerprint density at radius 3 is 2.50 bits per heavy atom. The van der Waals surface area contributed by atoms with Gasteiger partial charge in [0.15, 0.2) is 0 Å². The molecule has 0 amide bonds. The third-order valence-electron chi connectivity index (χ3n) is 6.63. The SMILES string of the molecule is CN1CC(c2cc3cc[nH]c(=O)c3c(Nc3ccc(C4CCN(S(C)(=O)=O)CC4)cc3)n2)C=N1. The summed E-state index contributed by atoms with van der Waals surface area (Å²) in [6, 6.07) is 11.9. The molecule has 9 nitrogen and oxygen atoms in total. The van der Waals surface area contributed by atoms with Gasteiger partial charge in [0.2, 0.25) is 10.0 Å². The number of sulfonamides is 1. The van der Waals surface area contributed by atoms with E-state index in [9.17, 15) is 13.2 Å². The average Bonchev–Trinajstić information content (AvgIpc) is 3.25. The number of aromatic nitrogens is 2. The van der Waals surface area contributed by atoms with Gasteiger partial charge < -0.3 is 10.3 Å². The van der Waals surface area contributed by atoms with Crippen LogP contribution >= 0.6 is 0 Å². The maximum Gasteiger partial charge on any atom is 0.259 e. The fourth-order valence-electron chi connectivity index (χ4n) is 4.75. The molecule has 1 aromatic carbocycles. The number of hydrogen-bond acceptors (Lipinski definition) is 7. The summed E-state index contributed by atoms with van der Waals surface area (Å²) in [7, 11) is -1.21. The van der Waals surface area contributed by atoms with Crippen molar-refractivity contribution in [3.05, 3.63) is 64.2 Å². The molecular formula is C24H28N6O3S. The number of aromatic amines is 1. The number of fused-ring (bicyclic) bond motifs is 1. The van der Waals surface area contributed by atoms with Crippen molar-refractivity contribution in [1.29, 1.82) is 0 Å². The van der Waals surface area contributed by atoms with E-state index in [0.717, 1.165) is 36.2 Å². The summed E-state index contributed by atoms with van der Waals surface area (Å²) in [5.74, 6) is 0.914. The molecule has 1 unspecified atom stereocenters. The van der Waals surface area contributed by atoms with Gasteiger partial charge in [0.25, 0.3) is 5.56 Å². The third-order valence-corrected chi connectivity index (χ3v) is 7.93. The van der Waals surface area contributed by atoms with Crippen molar-refractivity contribution >= 4 is 38.5 Å². The van der Waals surface area contributed by atoms with E-state index in [1.165, 1.54) is 11.8 Å². The highest BCUT2D eigenvalue weighted by molar-refractivity contribution is 7.88. The average molecular weight is 481 g/mol. The van der Waals surface area contributed by atoms with Crippen LogP contribution in [0.4, 0.5) is 11.5 Å². The van der Waals surface area contributed by atoms with Crippen LogP contribution in [0.25, 0.3) is 10.8 Å². The van der Waals surface area contributed by atoms with Crippen molar-refractivity contribution in [2.45, 2.75) is 24.7 Å². The zero-order chi connectivity index (χ0) is 23.9. The van der Waals surface area contributed by atoms with Gasteiger partial charge in [-0.1, -0.05) is 12.1 Å². The second-order valence-electron chi connectivity index (χ2n) is 9.06. The van der Waals surface area contributed by atoms with Gasteiger partial charge in [-0.25, -0.2) is 17.7 Å². The predicted molar refractivity (Wildman–Crippen MR) is 134 cm³/mol. The quantitative estimate of drug-likeness (QED) is 0.581. The molecule has 2 aliphatic heterocycles. The van der Waals surface area contributed by atoms with Gasteiger partial charge in [0, 0.05) is 44.8 Å². The van der Waals surface area contributed by atoms with Crippen LogP contribution < -0.4 is 10.9 Å². The largest absolute Gasteiger partial charge is 0.340 e. The Hall–Kier alpha value is -3.24. The van der Waals surface area contributed by atoms with Crippen LogP contribution in [0.5, 0.6) is 0 Å². The molecule has 0 radical (unpaired) electrons. The van der Waals surface area contributed by atoms with Crippen LogP contribution in [-0.2, 0) is 10.0 Å². The molecule has 1 atom stereocenters. The molecule has 1 saturated heterocycles. The van der Waals surface area contributed by atoms with Crippen molar-refractivity contribution in [1.82, 2.24) is 19.3 Å². The van der Waals surface area contributed by atoms with Crippen molar-refractivity contribution in [3.8, 4) is 0 Å². The zero-order valence-electron chi connectivity index (χ0n) is 19.2. The lowest BCUT2D eigenvalue weighted by molar-refractivity contribution is 0.321. The normalized spacial score (nSPS) is 19.7. The van der Waals surface area contributed by atoms with Gasteiger partial charge in [-0.15, -0.1) is 0 Å². The van der Waals surface area contributed by atoms with Crippen molar-refractivity contribution in [2.24, 2.45) is 5.10 Å². The fourth-order valence-corrected chi connectivity index (χ4v) is 5.63. The molecule has 0 aliphatic carbocycles. The number of nitrogens with one attached hydrogen (secondary N) is 2. The van der Waals surface area contributed by atoms with E-state index >= 15 is 0 Å². The molecule has 2 N–H and O–H groups in total. The van der Waals surface area contributed by atoms with Gasteiger partial charge >= 0.3 is 0 Å². The number of rotatable bonds is 5. The predicted octanol–water partition coefficient (Wildman–Crippen LogP) is 2.82. The van der Waals surface area contributed by atoms with Crippen LogP contribution in [0.15, 0.2) is 52.5 Å². The summed E-state index contributed by atoms with van der Waals surface area (Å²) in [6.07, 6.45) is 6.41. The third kappa shape index (κ3) is 4.55. The Balaban J connectivity index is 1.39. The van der Waals surface area contributed by atoms with Crippen LogP contribution in [0.2, 0.25) is 0 Å².